The van der Waals surface area contributed by atoms with Crippen LogP contribution in [0.25, 0.3) is 95.2 Å². The summed E-state index contributed by atoms with van der Waals surface area (Å²) in [7, 11) is 0. The smallest absolute Gasteiger partial charge is 0.166 e. The van der Waals surface area contributed by atoms with Crippen molar-refractivity contribution < 1.29 is 0 Å². The topological polar surface area (TPSA) is 104 Å². The first-order valence-corrected chi connectivity index (χ1v) is 19.2. The molecule has 0 saturated carbocycles. The van der Waals surface area contributed by atoms with Crippen molar-refractivity contribution in [2.45, 2.75) is 0 Å². The van der Waals surface area contributed by atoms with Crippen molar-refractivity contribution in [2.75, 3.05) is 0 Å². The highest BCUT2D eigenvalue weighted by Gasteiger charge is 2.21. The summed E-state index contributed by atoms with van der Waals surface area (Å²) in [5.41, 5.74) is 12.4. The predicted octanol–water partition coefficient (Wildman–Crippen LogP) is 12.1. The number of nitriles is 2. The number of hydrogen-bond acceptors (Lipinski definition) is 6. The Balaban J connectivity index is 1.29. The molecule has 0 radical (unpaired) electrons. The Morgan fingerprint density at radius 1 is 0.390 bits per heavy atom. The van der Waals surface area contributed by atoms with Gasteiger partial charge in [0.25, 0.3) is 0 Å². The van der Waals surface area contributed by atoms with Crippen molar-refractivity contribution in [1.29, 1.82) is 10.5 Å². The van der Waals surface area contributed by atoms with E-state index in [2.05, 4.69) is 71.3 Å². The zero-order valence-corrected chi connectivity index (χ0v) is 31.5. The molecule has 10 aromatic rings. The van der Waals surface area contributed by atoms with Crippen molar-refractivity contribution in [3.63, 3.8) is 0 Å². The van der Waals surface area contributed by atoms with E-state index < -0.39 is 0 Å². The average Bonchev–Trinajstić information content (AvgIpc) is 3.64. The summed E-state index contributed by atoms with van der Waals surface area (Å²) in [6, 6.07) is 65.1. The molecule has 0 amide bonds. The van der Waals surface area contributed by atoms with Crippen molar-refractivity contribution in [1.82, 2.24) is 24.5 Å². The molecule has 0 aliphatic rings. The quantitative estimate of drug-likeness (QED) is 0.160. The molecule has 7 nitrogen and oxygen atoms in total. The van der Waals surface area contributed by atoms with E-state index in [1.54, 1.807) is 6.20 Å². The first-order chi connectivity index (χ1) is 29.1. The van der Waals surface area contributed by atoms with Gasteiger partial charge in [0.15, 0.2) is 17.5 Å². The number of fused-ring (bicyclic) bond motifs is 3. The van der Waals surface area contributed by atoms with Gasteiger partial charge < -0.3 is 4.57 Å². The van der Waals surface area contributed by atoms with Crippen LogP contribution in [0.1, 0.15) is 11.1 Å². The third-order valence-corrected chi connectivity index (χ3v) is 10.6. The van der Waals surface area contributed by atoms with E-state index >= 15 is 0 Å². The number of aromatic nitrogens is 5. The van der Waals surface area contributed by atoms with Crippen molar-refractivity contribution in [2.24, 2.45) is 0 Å². The van der Waals surface area contributed by atoms with Crippen LogP contribution < -0.4 is 0 Å². The molecular formula is C52H31N7. The normalized spacial score (nSPS) is 11.0. The van der Waals surface area contributed by atoms with Crippen LogP contribution >= 0.6 is 0 Å². The zero-order chi connectivity index (χ0) is 39.7. The fraction of sp³-hybridized carbons (Fsp3) is 0. The van der Waals surface area contributed by atoms with Gasteiger partial charge in [-0.2, -0.15) is 10.5 Å². The highest BCUT2D eigenvalue weighted by atomic mass is 15.1. The number of pyridine rings is 1. The molecule has 274 valence electrons. The molecule has 0 aliphatic heterocycles. The van der Waals surface area contributed by atoms with Gasteiger partial charge >= 0.3 is 0 Å². The van der Waals surface area contributed by atoms with Gasteiger partial charge in [-0.3, -0.25) is 4.98 Å². The van der Waals surface area contributed by atoms with Crippen molar-refractivity contribution in [3.8, 4) is 85.5 Å². The SMILES string of the molecule is N#Cc1ccc(-c2ccc3c4ccc(-c5ccc(C#N)cc5)cc4n(-c4ccc(-c5ccccn5)cc4-c4nc(-c5ccccc5)nc(-c5ccccc5)n4)c3c2)cc1. The minimum atomic E-state index is 0.520. The second kappa shape index (κ2) is 14.9. The number of hydrogen-bond donors (Lipinski definition) is 0. The standard InChI is InChI=1S/C52H31N7/c53-32-34-14-18-36(19-15-34)40-22-25-43-44-26-23-41(37-20-16-35(33-54)17-21-37)31-49(44)59(48(43)30-40)47-27-24-42(46-13-7-8-28-55-46)29-45(47)52-57-50(38-9-3-1-4-10-38)56-51(58-52)39-11-5-2-6-12-39/h1-31H. The Bertz CT molecular complexity index is 3080. The van der Waals surface area contributed by atoms with Gasteiger partial charge in [-0.1, -0.05) is 121 Å². The van der Waals surface area contributed by atoms with E-state index in [4.69, 9.17) is 19.9 Å². The molecule has 0 fully saturated rings. The van der Waals surface area contributed by atoms with Gasteiger partial charge in [0.05, 0.1) is 45.7 Å². The lowest BCUT2D eigenvalue weighted by molar-refractivity contribution is 1.06. The molecule has 59 heavy (non-hydrogen) atoms. The zero-order valence-electron chi connectivity index (χ0n) is 31.5. The largest absolute Gasteiger partial charge is 0.308 e. The van der Waals surface area contributed by atoms with Crippen LogP contribution in [0.5, 0.6) is 0 Å². The van der Waals surface area contributed by atoms with Crippen LogP contribution in [0.15, 0.2) is 188 Å². The molecule has 0 unspecified atom stereocenters. The molecule has 0 N–H and O–H groups in total. The fourth-order valence-electron chi connectivity index (χ4n) is 7.64. The van der Waals surface area contributed by atoms with Crippen LogP contribution in [0.4, 0.5) is 0 Å². The Labute approximate surface area is 340 Å². The van der Waals surface area contributed by atoms with E-state index in [0.29, 0.717) is 28.6 Å². The van der Waals surface area contributed by atoms with Crippen LogP contribution in [-0.4, -0.2) is 24.5 Å². The second-order valence-electron chi connectivity index (χ2n) is 14.2. The summed E-state index contributed by atoms with van der Waals surface area (Å²) in [6.07, 6.45) is 1.80. The Kier molecular flexibility index (Phi) is 8.80. The van der Waals surface area contributed by atoms with Crippen LogP contribution in [0, 0.1) is 22.7 Å². The van der Waals surface area contributed by atoms with Crippen LogP contribution in [0.2, 0.25) is 0 Å². The van der Waals surface area contributed by atoms with Gasteiger partial charge in [-0.15, -0.1) is 0 Å². The van der Waals surface area contributed by atoms with Gasteiger partial charge in [-0.05, 0) is 82.9 Å². The Morgan fingerprint density at radius 2 is 0.864 bits per heavy atom. The predicted molar refractivity (Wildman–Crippen MR) is 234 cm³/mol. The van der Waals surface area contributed by atoms with E-state index in [9.17, 15) is 10.5 Å². The van der Waals surface area contributed by atoms with Crippen molar-refractivity contribution in [3.05, 3.63) is 199 Å². The molecule has 0 bridgehead atoms. The summed E-state index contributed by atoms with van der Waals surface area (Å²) in [4.78, 5) is 20.2. The summed E-state index contributed by atoms with van der Waals surface area (Å²) in [5.74, 6) is 1.65. The summed E-state index contributed by atoms with van der Waals surface area (Å²) in [6.45, 7) is 0. The molecule has 7 heteroatoms. The van der Waals surface area contributed by atoms with Gasteiger partial charge in [0, 0.05) is 39.2 Å². The monoisotopic (exact) mass is 753 g/mol. The maximum absolute atomic E-state index is 9.50. The number of nitrogens with zero attached hydrogens (tertiary/aromatic N) is 7. The highest BCUT2D eigenvalue weighted by molar-refractivity contribution is 6.11. The highest BCUT2D eigenvalue weighted by Crippen LogP contribution is 2.41. The fourth-order valence-corrected chi connectivity index (χ4v) is 7.64. The first-order valence-electron chi connectivity index (χ1n) is 19.2. The van der Waals surface area contributed by atoms with Gasteiger partial charge in [0.2, 0.25) is 0 Å². The number of benzene rings is 7. The maximum Gasteiger partial charge on any atom is 0.166 e. The summed E-state index contributed by atoms with van der Waals surface area (Å²) >= 11 is 0. The maximum atomic E-state index is 9.50. The van der Waals surface area contributed by atoms with Gasteiger partial charge in [0.1, 0.15) is 0 Å². The number of rotatable bonds is 7. The molecule has 7 aromatic carbocycles. The molecule has 3 heterocycles. The molecule has 3 aromatic heterocycles. The molecular weight excluding hydrogens is 723 g/mol. The van der Waals surface area contributed by atoms with E-state index in [0.717, 1.165) is 77.7 Å². The lowest BCUT2D eigenvalue weighted by Crippen LogP contribution is -2.04. The average molecular weight is 754 g/mol. The van der Waals surface area contributed by atoms with Crippen LogP contribution in [-0.2, 0) is 0 Å². The van der Waals surface area contributed by atoms with E-state index in [-0.39, 0.29) is 0 Å². The first kappa shape index (κ1) is 34.9. The third kappa shape index (κ3) is 6.55. The molecule has 0 aliphatic carbocycles. The van der Waals surface area contributed by atoms with Gasteiger partial charge in [-0.25, -0.2) is 15.0 Å². The van der Waals surface area contributed by atoms with E-state index in [1.807, 2.05) is 127 Å². The lowest BCUT2D eigenvalue weighted by Gasteiger charge is -2.17. The second-order valence-corrected chi connectivity index (χ2v) is 14.2. The summed E-state index contributed by atoms with van der Waals surface area (Å²) < 4.78 is 2.30. The third-order valence-electron chi connectivity index (χ3n) is 10.6. The lowest BCUT2D eigenvalue weighted by atomic mass is 10.0. The van der Waals surface area contributed by atoms with Crippen molar-refractivity contribution >= 4 is 21.8 Å². The minimum Gasteiger partial charge on any atom is -0.308 e. The molecule has 0 atom stereocenters. The van der Waals surface area contributed by atoms with Crippen LogP contribution in [0.3, 0.4) is 0 Å². The molecule has 10 rings (SSSR count). The minimum absolute atomic E-state index is 0.520. The Morgan fingerprint density at radius 3 is 1.36 bits per heavy atom. The Hall–Kier alpha value is -8.52. The molecule has 0 saturated heterocycles. The molecule has 0 spiro atoms. The summed E-state index contributed by atoms with van der Waals surface area (Å²) in [5, 5.41) is 21.2. The van der Waals surface area contributed by atoms with E-state index in [1.165, 1.54) is 0 Å².